The van der Waals surface area contributed by atoms with Crippen molar-refractivity contribution in [3.8, 4) is 0 Å². The number of amides is 1. The molecular formula is C18H13Cl2N3OS. The van der Waals surface area contributed by atoms with Crippen molar-refractivity contribution in [1.29, 1.82) is 0 Å². The Labute approximate surface area is 159 Å². The molecule has 1 N–H and O–H groups in total. The van der Waals surface area contributed by atoms with Crippen molar-refractivity contribution >= 4 is 46.6 Å². The van der Waals surface area contributed by atoms with E-state index in [9.17, 15) is 4.79 Å². The molecule has 7 heteroatoms. The largest absolute Gasteiger partial charge is 0.321 e. The Morgan fingerprint density at radius 2 is 1.88 bits per heavy atom. The molecule has 1 aromatic heterocycles. The van der Waals surface area contributed by atoms with E-state index in [2.05, 4.69) is 15.3 Å². The van der Waals surface area contributed by atoms with Crippen molar-refractivity contribution in [2.75, 3.05) is 5.32 Å². The number of benzene rings is 2. The highest BCUT2D eigenvalue weighted by Crippen LogP contribution is 2.23. The van der Waals surface area contributed by atoms with Gasteiger partial charge in [0.1, 0.15) is 0 Å². The molecule has 1 heterocycles. The molecular weight excluding hydrogens is 377 g/mol. The number of nitrogens with zero attached hydrogens (tertiary/aromatic N) is 2. The van der Waals surface area contributed by atoms with E-state index in [1.165, 1.54) is 18.0 Å². The monoisotopic (exact) mass is 389 g/mol. The topological polar surface area (TPSA) is 54.9 Å². The lowest BCUT2D eigenvalue weighted by Crippen LogP contribution is -2.15. The van der Waals surface area contributed by atoms with E-state index in [4.69, 9.17) is 23.2 Å². The Morgan fingerprint density at radius 3 is 2.64 bits per heavy atom. The van der Waals surface area contributed by atoms with Gasteiger partial charge in [0.25, 0.3) is 5.91 Å². The smallest absolute Gasteiger partial charge is 0.275 e. The van der Waals surface area contributed by atoms with Gasteiger partial charge in [-0.1, -0.05) is 71.4 Å². The van der Waals surface area contributed by atoms with E-state index < -0.39 is 5.91 Å². The predicted octanol–water partition coefficient (Wildman–Crippen LogP) is 5.33. The molecule has 0 aliphatic heterocycles. The molecule has 25 heavy (non-hydrogen) atoms. The zero-order valence-electron chi connectivity index (χ0n) is 12.9. The van der Waals surface area contributed by atoms with Gasteiger partial charge in [-0.25, -0.2) is 9.97 Å². The highest BCUT2D eigenvalue weighted by atomic mass is 35.5. The van der Waals surface area contributed by atoms with Gasteiger partial charge in [-0.2, -0.15) is 0 Å². The maximum Gasteiger partial charge on any atom is 0.275 e. The number of anilines is 1. The summed E-state index contributed by atoms with van der Waals surface area (Å²) in [7, 11) is 0. The summed E-state index contributed by atoms with van der Waals surface area (Å²) in [4.78, 5) is 20.9. The van der Waals surface area contributed by atoms with E-state index in [1.807, 2.05) is 30.3 Å². The molecule has 0 fully saturated rings. The van der Waals surface area contributed by atoms with Crippen LogP contribution in [-0.4, -0.2) is 15.9 Å². The van der Waals surface area contributed by atoms with E-state index in [0.717, 1.165) is 5.56 Å². The Bertz CT molecular complexity index is 890. The number of rotatable bonds is 5. The standard InChI is InChI=1S/C18H13Cl2N3OS/c19-13-7-4-8-14(9-13)22-17(24)16-15(20)10-21-18(23-16)25-11-12-5-2-1-3-6-12/h1-10H,11H2,(H,22,24). The van der Waals surface area contributed by atoms with Gasteiger partial charge in [-0.05, 0) is 23.8 Å². The predicted molar refractivity (Wildman–Crippen MR) is 102 cm³/mol. The molecule has 0 radical (unpaired) electrons. The van der Waals surface area contributed by atoms with Crippen molar-refractivity contribution in [2.24, 2.45) is 0 Å². The first-order valence-corrected chi connectivity index (χ1v) is 9.12. The highest BCUT2D eigenvalue weighted by Gasteiger charge is 2.15. The van der Waals surface area contributed by atoms with Crippen molar-refractivity contribution < 1.29 is 4.79 Å². The first-order chi connectivity index (χ1) is 12.1. The minimum absolute atomic E-state index is 0.132. The van der Waals surface area contributed by atoms with Crippen LogP contribution in [0.5, 0.6) is 0 Å². The van der Waals surface area contributed by atoms with E-state index >= 15 is 0 Å². The lowest BCUT2D eigenvalue weighted by Gasteiger charge is -2.08. The third-order valence-corrected chi connectivity index (χ3v) is 4.67. The van der Waals surface area contributed by atoms with Gasteiger partial charge < -0.3 is 5.32 Å². The number of carbonyl (C=O) groups excluding carboxylic acids is 1. The summed E-state index contributed by atoms with van der Waals surface area (Å²) in [5.74, 6) is 0.300. The molecule has 126 valence electrons. The van der Waals surface area contributed by atoms with Crippen LogP contribution in [-0.2, 0) is 5.75 Å². The van der Waals surface area contributed by atoms with Crippen molar-refractivity contribution in [3.05, 3.63) is 82.1 Å². The number of carbonyl (C=O) groups is 1. The summed E-state index contributed by atoms with van der Waals surface area (Å²) in [6.45, 7) is 0. The average Bonchev–Trinajstić information content (AvgIpc) is 2.62. The fourth-order valence-corrected chi connectivity index (χ4v) is 3.20. The molecule has 3 rings (SSSR count). The van der Waals surface area contributed by atoms with E-state index in [0.29, 0.717) is 21.6 Å². The van der Waals surface area contributed by atoms with Crippen LogP contribution in [0, 0.1) is 0 Å². The number of hydrogen-bond acceptors (Lipinski definition) is 4. The Hall–Kier alpha value is -2.08. The summed E-state index contributed by atoms with van der Waals surface area (Å²) in [6.07, 6.45) is 1.44. The van der Waals surface area contributed by atoms with Gasteiger partial charge in [-0.15, -0.1) is 0 Å². The Balaban J connectivity index is 1.73. The molecule has 1 amide bonds. The van der Waals surface area contributed by atoms with Crippen LogP contribution >= 0.6 is 35.0 Å². The third-order valence-electron chi connectivity index (χ3n) is 3.23. The first kappa shape index (κ1) is 17.7. The van der Waals surface area contributed by atoms with Crippen LogP contribution in [0.2, 0.25) is 10.0 Å². The van der Waals surface area contributed by atoms with Crippen molar-refractivity contribution in [3.63, 3.8) is 0 Å². The highest BCUT2D eigenvalue weighted by molar-refractivity contribution is 7.98. The molecule has 2 aromatic carbocycles. The van der Waals surface area contributed by atoms with Gasteiger partial charge in [-0.3, -0.25) is 4.79 Å². The number of hydrogen-bond donors (Lipinski definition) is 1. The van der Waals surface area contributed by atoms with Crippen molar-refractivity contribution in [1.82, 2.24) is 9.97 Å². The molecule has 3 aromatic rings. The number of nitrogens with one attached hydrogen (secondary N) is 1. The Kier molecular flexibility index (Phi) is 5.91. The lowest BCUT2D eigenvalue weighted by atomic mass is 10.2. The van der Waals surface area contributed by atoms with Gasteiger partial charge >= 0.3 is 0 Å². The van der Waals surface area contributed by atoms with Gasteiger partial charge in [0.2, 0.25) is 0 Å². The van der Waals surface area contributed by atoms with Gasteiger partial charge in [0.15, 0.2) is 10.9 Å². The molecule has 0 atom stereocenters. The fourth-order valence-electron chi connectivity index (χ4n) is 2.06. The number of aromatic nitrogens is 2. The van der Waals surface area contributed by atoms with Gasteiger partial charge in [0.05, 0.1) is 11.2 Å². The zero-order chi connectivity index (χ0) is 17.6. The maximum absolute atomic E-state index is 12.4. The third kappa shape index (κ3) is 4.95. The van der Waals surface area contributed by atoms with Crippen LogP contribution < -0.4 is 5.32 Å². The molecule has 0 spiro atoms. The molecule has 0 aliphatic rings. The van der Waals surface area contributed by atoms with Crippen LogP contribution in [0.25, 0.3) is 0 Å². The molecule has 0 aliphatic carbocycles. The second kappa shape index (κ2) is 8.34. The normalized spacial score (nSPS) is 10.5. The summed E-state index contributed by atoms with van der Waals surface area (Å²) in [6, 6.07) is 16.8. The van der Waals surface area contributed by atoms with E-state index in [-0.39, 0.29) is 10.7 Å². The minimum atomic E-state index is -0.406. The minimum Gasteiger partial charge on any atom is -0.321 e. The van der Waals surface area contributed by atoms with Crippen LogP contribution in [0.1, 0.15) is 16.1 Å². The second-order valence-corrected chi connectivity index (χ2v) is 6.87. The number of thioether (sulfide) groups is 1. The SMILES string of the molecule is O=C(Nc1cccc(Cl)c1)c1nc(SCc2ccccc2)ncc1Cl. The Morgan fingerprint density at radius 1 is 1.08 bits per heavy atom. The van der Waals surface area contributed by atoms with Crippen LogP contribution in [0.3, 0.4) is 0 Å². The molecule has 0 bridgehead atoms. The lowest BCUT2D eigenvalue weighted by molar-refractivity contribution is 0.102. The second-order valence-electron chi connectivity index (χ2n) is 5.09. The summed E-state index contributed by atoms with van der Waals surface area (Å²) in [5.41, 5.74) is 1.86. The fraction of sp³-hybridized carbons (Fsp3) is 0.0556. The summed E-state index contributed by atoms with van der Waals surface area (Å²) in [5, 5.41) is 3.95. The molecule has 0 saturated heterocycles. The van der Waals surface area contributed by atoms with Crippen LogP contribution in [0.4, 0.5) is 5.69 Å². The zero-order valence-corrected chi connectivity index (χ0v) is 15.3. The average molecular weight is 390 g/mol. The first-order valence-electron chi connectivity index (χ1n) is 7.38. The van der Waals surface area contributed by atoms with Gasteiger partial charge in [0, 0.05) is 16.5 Å². The molecule has 0 saturated carbocycles. The molecule has 4 nitrogen and oxygen atoms in total. The van der Waals surface area contributed by atoms with E-state index in [1.54, 1.807) is 24.3 Å². The number of halogens is 2. The van der Waals surface area contributed by atoms with Crippen LogP contribution in [0.15, 0.2) is 66.0 Å². The summed E-state index contributed by atoms with van der Waals surface area (Å²) >= 11 is 13.4. The molecule has 0 unspecified atom stereocenters. The van der Waals surface area contributed by atoms with Crippen molar-refractivity contribution in [2.45, 2.75) is 10.9 Å². The summed E-state index contributed by atoms with van der Waals surface area (Å²) < 4.78 is 0. The quantitative estimate of drug-likeness (QED) is 0.473. The maximum atomic E-state index is 12.4.